The van der Waals surface area contributed by atoms with Gasteiger partial charge in [-0.1, -0.05) is 40.9 Å². The Kier molecular flexibility index (Phi) is 6.31. The van der Waals surface area contributed by atoms with E-state index >= 15 is 0 Å². The Morgan fingerprint density at radius 3 is 2.50 bits per heavy atom. The molecule has 5 nitrogen and oxygen atoms in total. The van der Waals surface area contributed by atoms with Crippen LogP contribution < -0.4 is 10.6 Å². The quantitative estimate of drug-likeness (QED) is 0.742. The molecule has 0 atom stereocenters. The number of carbonyl (C=O) groups is 2. The third-order valence-electron chi connectivity index (χ3n) is 3.05. The first-order chi connectivity index (χ1) is 11.4. The van der Waals surface area contributed by atoms with Gasteiger partial charge in [0.25, 0.3) is 0 Å². The van der Waals surface area contributed by atoms with Crippen LogP contribution in [-0.4, -0.2) is 25.5 Å². The lowest BCUT2D eigenvalue weighted by molar-refractivity contribution is -0.114. The number of esters is 1. The molecule has 0 fully saturated rings. The number of hydrogen-bond donors (Lipinski definition) is 2. The van der Waals surface area contributed by atoms with E-state index in [4.69, 9.17) is 34.8 Å². The number of hydrogen-bond acceptors (Lipinski definition) is 4. The van der Waals surface area contributed by atoms with Crippen LogP contribution in [0.25, 0.3) is 0 Å². The Morgan fingerprint density at radius 2 is 1.79 bits per heavy atom. The Morgan fingerprint density at radius 1 is 1.04 bits per heavy atom. The Bertz CT molecular complexity index is 781. The maximum Gasteiger partial charge on any atom is 0.337 e. The molecule has 0 bridgehead atoms. The molecule has 0 spiro atoms. The van der Waals surface area contributed by atoms with Crippen LogP contribution in [0, 0.1) is 0 Å². The van der Waals surface area contributed by atoms with Crippen LogP contribution in [0.3, 0.4) is 0 Å². The van der Waals surface area contributed by atoms with Crippen LogP contribution in [0.1, 0.15) is 10.4 Å². The molecule has 0 aliphatic rings. The fraction of sp³-hybridized carbons (Fsp3) is 0.125. The summed E-state index contributed by atoms with van der Waals surface area (Å²) in [5.74, 6) is -0.844. The van der Waals surface area contributed by atoms with E-state index in [0.717, 1.165) is 0 Å². The molecule has 0 saturated heterocycles. The van der Waals surface area contributed by atoms with Gasteiger partial charge in [0.15, 0.2) is 0 Å². The second kappa shape index (κ2) is 8.24. The average Bonchev–Trinajstić information content (AvgIpc) is 2.57. The van der Waals surface area contributed by atoms with Gasteiger partial charge in [0, 0.05) is 0 Å². The summed E-state index contributed by atoms with van der Waals surface area (Å²) in [6, 6.07) is 9.52. The number of nitrogens with one attached hydrogen (secondary N) is 2. The summed E-state index contributed by atoms with van der Waals surface area (Å²) in [5.41, 5.74) is 1.17. The molecular formula is C16H13Cl3N2O3. The predicted molar refractivity (Wildman–Crippen MR) is 96.4 cm³/mol. The molecule has 0 aliphatic carbocycles. The summed E-state index contributed by atoms with van der Waals surface area (Å²) in [6.45, 7) is -0.0762. The fourth-order valence-electron chi connectivity index (χ4n) is 1.88. The van der Waals surface area contributed by atoms with Crippen LogP contribution in [0.15, 0.2) is 36.4 Å². The molecule has 126 valence electrons. The van der Waals surface area contributed by atoms with Crippen molar-refractivity contribution in [3.8, 4) is 0 Å². The first-order valence-electron chi connectivity index (χ1n) is 6.78. The molecule has 2 aromatic carbocycles. The molecule has 0 saturated carbocycles. The zero-order chi connectivity index (χ0) is 17.7. The summed E-state index contributed by atoms with van der Waals surface area (Å²) < 4.78 is 4.64. The van der Waals surface area contributed by atoms with E-state index in [-0.39, 0.29) is 17.5 Å². The van der Waals surface area contributed by atoms with Crippen molar-refractivity contribution in [2.45, 2.75) is 0 Å². The normalized spacial score (nSPS) is 10.2. The molecule has 0 heterocycles. The topological polar surface area (TPSA) is 67.4 Å². The summed E-state index contributed by atoms with van der Waals surface area (Å²) in [6.07, 6.45) is 0. The summed E-state index contributed by atoms with van der Waals surface area (Å²) in [4.78, 5) is 23.6. The van der Waals surface area contributed by atoms with Crippen LogP contribution in [0.2, 0.25) is 15.1 Å². The standard InChI is InChI=1S/C16H13Cl3N2O3/c1-24-16(23)9-5-6-10(17)13(7-9)20-8-14(22)21-12-4-2-3-11(18)15(12)19/h2-7,20H,8H2,1H3,(H,21,22). The Labute approximate surface area is 153 Å². The van der Waals surface area contributed by atoms with E-state index in [1.54, 1.807) is 24.3 Å². The first-order valence-corrected chi connectivity index (χ1v) is 7.91. The first kappa shape index (κ1) is 18.4. The van der Waals surface area contributed by atoms with Crippen molar-refractivity contribution in [3.05, 3.63) is 57.0 Å². The predicted octanol–water partition coefficient (Wildman–Crippen LogP) is 4.48. The van der Waals surface area contributed by atoms with Gasteiger partial charge in [-0.15, -0.1) is 0 Å². The molecule has 0 unspecified atom stereocenters. The molecule has 24 heavy (non-hydrogen) atoms. The largest absolute Gasteiger partial charge is 0.465 e. The summed E-state index contributed by atoms with van der Waals surface area (Å²) in [5, 5.41) is 6.47. The minimum absolute atomic E-state index is 0.0762. The number of carbonyl (C=O) groups excluding carboxylic acids is 2. The van der Waals surface area contributed by atoms with Gasteiger partial charge in [-0.05, 0) is 30.3 Å². The van der Waals surface area contributed by atoms with Crippen LogP contribution in [0.4, 0.5) is 11.4 Å². The van der Waals surface area contributed by atoms with Gasteiger partial charge in [0.1, 0.15) is 0 Å². The molecule has 1 amide bonds. The minimum Gasteiger partial charge on any atom is -0.465 e. The second-order valence-electron chi connectivity index (χ2n) is 4.69. The zero-order valence-corrected chi connectivity index (χ0v) is 14.8. The highest BCUT2D eigenvalue weighted by molar-refractivity contribution is 6.44. The number of benzene rings is 2. The third kappa shape index (κ3) is 4.54. The van der Waals surface area contributed by atoms with Crippen molar-refractivity contribution in [2.24, 2.45) is 0 Å². The van der Waals surface area contributed by atoms with E-state index in [1.165, 1.54) is 19.2 Å². The molecule has 0 aliphatic heterocycles. The molecule has 0 aromatic heterocycles. The van der Waals surface area contributed by atoms with Gasteiger partial charge in [-0.2, -0.15) is 0 Å². The molecular weight excluding hydrogens is 375 g/mol. The Balaban J connectivity index is 2.04. The van der Waals surface area contributed by atoms with Crippen LogP contribution in [0.5, 0.6) is 0 Å². The molecule has 8 heteroatoms. The number of rotatable bonds is 5. The lowest BCUT2D eigenvalue weighted by atomic mass is 10.2. The van der Waals surface area contributed by atoms with Crippen LogP contribution in [-0.2, 0) is 9.53 Å². The van der Waals surface area contributed by atoms with Crippen molar-refractivity contribution in [1.29, 1.82) is 0 Å². The zero-order valence-electron chi connectivity index (χ0n) is 12.5. The smallest absolute Gasteiger partial charge is 0.337 e. The average molecular weight is 388 g/mol. The van der Waals surface area contributed by atoms with Gasteiger partial charge in [0.2, 0.25) is 5.91 Å². The number of halogens is 3. The summed E-state index contributed by atoms with van der Waals surface area (Å²) >= 11 is 18.0. The Hall–Kier alpha value is -1.95. The maximum atomic E-state index is 12.0. The number of ether oxygens (including phenoxy) is 1. The second-order valence-corrected chi connectivity index (χ2v) is 5.88. The highest BCUT2D eigenvalue weighted by atomic mass is 35.5. The SMILES string of the molecule is COC(=O)c1ccc(Cl)c(NCC(=O)Nc2cccc(Cl)c2Cl)c1. The van der Waals surface area contributed by atoms with Gasteiger partial charge < -0.3 is 15.4 Å². The lowest BCUT2D eigenvalue weighted by Gasteiger charge is -2.11. The van der Waals surface area contributed by atoms with E-state index in [0.29, 0.717) is 27.0 Å². The van der Waals surface area contributed by atoms with Crippen LogP contribution >= 0.6 is 34.8 Å². The van der Waals surface area contributed by atoms with E-state index in [2.05, 4.69) is 15.4 Å². The number of amides is 1. The van der Waals surface area contributed by atoms with E-state index in [9.17, 15) is 9.59 Å². The van der Waals surface area contributed by atoms with Gasteiger partial charge in [0.05, 0.1) is 45.7 Å². The summed E-state index contributed by atoms with van der Waals surface area (Å²) in [7, 11) is 1.28. The fourth-order valence-corrected chi connectivity index (χ4v) is 2.41. The molecule has 2 N–H and O–H groups in total. The third-order valence-corrected chi connectivity index (χ3v) is 4.20. The number of anilines is 2. The number of methoxy groups -OCH3 is 1. The molecule has 0 radical (unpaired) electrons. The van der Waals surface area contributed by atoms with Crippen molar-refractivity contribution in [2.75, 3.05) is 24.3 Å². The molecule has 2 aromatic rings. The van der Waals surface area contributed by atoms with Crippen molar-refractivity contribution in [1.82, 2.24) is 0 Å². The highest BCUT2D eigenvalue weighted by Gasteiger charge is 2.11. The van der Waals surface area contributed by atoms with Gasteiger partial charge in [-0.25, -0.2) is 4.79 Å². The van der Waals surface area contributed by atoms with Gasteiger partial charge >= 0.3 is 5.97 Å². The highest BCUT2D eigenvalue weighted by Crippen LogP contribution is 2.29. The van der Waals surface area contributed by atoms with Crippen molar-refractivity contribution in [3.63, 3.8) is 0 Å². The maximum absolute atomic E-state index is 12.0. The lowest BCUT2D eigenvalue weighted by Crippen LogP contribution is -2.22. The minimum atomic E-state index is -0.495. The van der Waals surface area contributed by atoms with Crippen molar-refractivity contribution < 1.29 is 14.3 Å². The van der Waals surface area contributed by atoms with Gasteiger partial charge in [-0.3, -0.25) is 4.79 Å². The van der Waals surface area contributed by atoms with Crippen molar-refractivity contribution >= 4 is 58.1 Å². The van der Waals surface area contributed by atoms with E-state index in [1.807, 2.05) is 0 Å². The monoisotopic (exact) mass is 386 g/mol. The van der Waals surface area contributed by atoms with E-state index < -0.39 is 5.97 Å². The molecule has 2 rings (SSSR count).